The topological polar surface area (TPSA) is 70.4 Å². The van der Waals surface area contributed by atoms with E-state index in [9.17, 15) is 15.0 Å². The largest absolute Gasteiger partial charge is 0.481 e. The number of allylic oxidation sites excluding steroid dienone is 3. The molecule has 4 heteroatoms. The number of carbonyl (C=O) groups is 1. The van der Waals surface area contributed by atoms with Gasteiger partial charge < -0.3 is 10.2 Å². The lowest BCUT2D eigenvalue weighted by atomic mass is 9.46. The van der Waals surface area contributed by atoms with Gasteiger partial charge in [-0.2, -0.15) is 0 Å². The summed E-state index contributed by atoms with van der Waals surface area (Å²) < 4.78 is 0. The molecule has 2 saturated carbocycles. The predicted octanol–water partition coefficient (Wildman–Crippen LogP) is 5.10. The molecule has 7 atom stereocenters. The zero-order chi connectivity index (χ0) is 21.1. The van der Waals surface area contributed by atoms with Crippen molar-refractivity contribution in [3.8, 4) is 0 Å². The number of hydrogen-bond donors (Lipinski definition) is 2. The van der Waals surface area contributed by atoms with Crippen LogP contribution >= 0.6 is 0 Å². The first-order chi connectivity index (χ1) is 14.3. The average molecular weight is 408 g/mol. The van der Waals surface area contributed by atoms with Crippen LogP contribution in [0.2, 0.25) is 0 Å². The summed E-state index contributed by atoms with van der Waals surface area (Å²) in [5, 5.41) is 20.6. The van der Waals surface area contributed by atoms with E-state index in [1.165, 1.54) is 16.7 Å². The molecular weight excluding hydrogens is 374 g/mol. The fourth-order valence-corrected chi connectivity index (χ4v) is 7.69. The molecule has 0 aliphatic heterocycles. The Hall–Kier alpha value is -1.94. The number of aliphatic hydroxyl groups excluding tert-OH is 1. The second kappa shape index (κ2) is 7.05. The zero-order valence-corrected chi connectivity index (χ0v) is 18.1. The molecule has 2 fully saturated rings. The number of aliphatic carboxylic acids is 1. The molecule has 0 unspecified atom stereocenters. The van der Waals surface area contributed by atoms with Crippen molar-refractivity contribution in [2.75, 3.05) is 0 Å². The van der Waals surface area contributed by atoms with Crippen LogP contribution in [0, 0.1) is 34.5 Å². The maximum absolute atomic E-state index is 11.3. The monoisotopic (exact) mass is 407 g/mol. The third-order valence-electron chi connectivity index (χ3n) is 9.25. The standard InChI is InChI=1S/C26H33NO3/c1-25-9-7-16(13-23(29)30)12-18(25)14-22(28)24-20-6-5-19(17-4-3-11-27-15-17)26(20,2)10-8-21(24)25/h3-5,11,14-16,20-22,24,28H,6-10,12-13H2,1-2H3,(H,29,30)/t16-,20-,21-,22-,24-,25-,26+/m0/s1. The van der Waals surface area contributed by atoms with Crippen LogP contribution in [0.3, 0.4) is 0 Å². The number of carboxylic acids is 1. The van der Waals surface area contributed by atoms with Gasteiger partial charge in [-0.3, -0.25) is 9.78 Å². The molecule has 0 bridgehead atoms. The van der Waals surface area contributed by atoms with Crippen molar-refractivity contribution in [3.63, 3.8) is 0 Å². The van der Waals surface area contributed by atoms with E-state index < -0.39 is 12.1 Å². The minimum atomic E-state index is -0.702. The number of aliphatic hydroxyl groups is 1. The molecule has 30 heavy (non-hydrogen) atoms. The van der Waals surface area contributed by atoms with Crippen LogP contribution in [0.4, 0.5) is 0 Å². The van der Waals surface area contributed by atoms with Gasteiger partial charge >= 0.3 is 5.97 Å². The SMILES string of the molecule is C[C@]12CC[C@H](CC(=O)O)CC1=C[C@H](O)[C@@H]1[C@@H]2CC[C@]2(C)C(c3cccnc3)=CC[C@@H]12. The zero-order valence-electron chi connectivity index (χ0n) is 18.1. The molecule has 0 saturated heterocycles. The summed E-state index contributed by atoms with van der Waals surface area (Å²) in [6.45, 7) is 4.80. The fourth-order valence-electron chi connectivity index (χ4n) is 7.69. The molecule has 1 heterocycles. The molecule has 0 amide bonds. The van der Waals surface area contributed by atoms with Crippen molar-refractivity contribution in [1.82, 2.24) is 4.98 Å². The first-order valence-corrected chi connectivity index (χ1v) is 11.5. The van der Waals surface area contributed by atoms with Crippen LogP contribution in [0.5, 0.6) is 0 Å². The first-order valence-electron chi connectivity index (χ1n) is 11.5. The lowest BCUT2D eigenvalue weighted by molar-refractivity contribution is -0.138. The van der Waals surface area contributed by atoms with E-state index in [0.29, 0.717) is 11.8 Å². The van der Waals surface area contributed by atoms with E-state index >= 15 is 0 Å². The second-order valence-corrected chi connectivity index (χ2v) is 10.6. The Bertz CT molecular complexity index is 906. The Morgan fingerprint density at radius 3 is 2.73 bits per heavy atom. The third-order valence-corrected chi connectivity index (χ3v) is 9.25. The molecule has 2 N–H and O–H groups in total. The molecule has 0 spiro atoms. The van der Waals surface area contributed by atoms with E-state index in [1.807, 2.05) is 18.5 Å². The van der Waals surface area contributed by atoms with Crippen molar-refractivity contribution >= 4 is 11.5 Å². The molecule has 0 radical (unpaired) electrons. The molecule has 1 aromatic heterocycles. The maximum Gasteiger partial charge on any atom is 0.303 e. The smallest absolute Gasteiger partial charge is 0.303 e. The molecule has 4 aliphatic rings. The van der Waals surface area contributed by atoms with E-state index in [1.54, 1.807) is 0 Å². The molecule has 5 rings (SSSR count). The minimum absolute atomic E-state index is 0.0907. The van der Waals surface area contributed by atoms with Gasteiger partial charge in [0.2, 0.25) is 0 Å². The Morgan fingerprint density at radius 1 is 1.20 bits per heavy atom. The quantitative estimate of drug-likeness (QED) is 0.684. The Labute approximate surface area is 179 Å². The van der Waals surface area contributed by atoms with Gasteiger partial charge in [0.05, 0.1) is 6.10 Å². The molecule has 160 valence electrons. The fraction of sp³-hybridized carbons (Fsp3) is 0.615. The first kappa shape index (κ1) is 20.0. The minimum Gasteiger partial charge on any atom is -0.481 e. The highest BCUT2D eigenvalue weighted by Gasteiger charge is 2.59. The predicted molar refractivity (Wildman–Crippen MR) is 116 cm³/mol. The lowest BCUT2D eigenvalue weighted by Crippen LogP contribution is -2.54. The van der Waals surface area contributed by atoms with E-state index in [4.69, 9.17) is 0 Å². The van der Waals surface area contributed by atoms with Crippen molar-refractivity contribution in [2.45, 2.75) is 64.9 Å². The van der Waals surface area contributed by atoms with Crippen molar-refractivity contribution in [2.24, 2.45) is 34.5 Å². The van der Waals surface area contributed by atoms with Crippen LogP contribution in [-0.2, 0) is 4.79 Å². The van der Waals surface area contributed by atoms with Crippen LogP contribution in [-0.4, -0.2) is 27.3 Å². The van der Waals surface area contributed by atoms with Crippen molar-refractivity contribution < 1.29 is 15.0 Å². The van der Waals surface area contributed by atoms with Crippen molar-refractivity contribution in [3.05, 3.63) is 47.8 Å². The van der Waals surface area contributed by atoms with Gasteiger partial charge in [0.15, 0.2) is 0 Å². The number of nitrogens with zero attached hydrogens (tertiary/aromatic N) is 1. The lowest BCUT2D eigenvalue weighted by Gasteiger charge is -2.59. The molecule has 4 nitrogen and oxygen atoms in total. The van der Waals surface area contributed by atoms with E-state index in [-0.39, 0.29) is 29.1 Å². The van der Waals surface area contributed by atoms with Crippen LogP contribution in [0.1, 0.15) is 64.4 Å². The number of pyridine rings is 1. The highest BCUT2D eigenvalue weighted by atomic mass is 16.4. The summed E-state index contributed by atoms with van der Waals surface area (Å²) in [6, 6.07) is 4.18. The molecule has 0 aromatic carbocycles. The van der Waals surface area contributed by atoms with Crippen LogP contribution in [0.25, 0.3) is 5.57 Å². The highest BCUT2D eigenvalue weighted by molar-refractivity contribution is 5.72. The van der Waals surface area contributed by atoms with Gasteiger partial charge in [-0.05, 0) is 90.2 Å². The van der Waals surface area contributed by atoms with Crippen LogP contribution in [0.15, 0.2) is 42.3 Å². The molecular formula is C26H33NO3. The molecule has 4 aliphatic carbocycles. The summed E-state index contributed by atoms with van der Waals surface area (Å²) in [5.41, 5.74) is 4.17. The summed E-state index contributed by atoms with van der Waals surface area (Å²) >= 11 is 0. The van der Waals surface area contributed by atoms with Gasteiger partial charge in [-0.25, -0.2) is 0 Å². The highest BCUT2D eigenvalue weighted by Crippen LogP contribution is 2.66. The van der Waals surface area contributed by atoms with Gasteiger partial charge in [0.25, 0.3) is 0 Å². The number of fused-ring (bicyclic) bond motifs is 5. The molecule has 1 aromatic rings. The number of hydrogen-bond acceptors (Lipinski definition) is 3. The van der Waals surface area contributed by atoms with Gasteiger partial charge in [-0.1, -0.05) is 37.6 Å². The number of aromatic nitrogens is 1. The number of rotatable bonds is 3. The average Bonchev–Trinajstić information content (AvgIpc) is 3.06. The van der Waals surface area contributed by atoms with Crippen molar-refractivity contribution in [1.29, 1.82) is 0 Å². The Morgan fingerprint density at radius 2 is 2.00 bits per heavy atom. The van der Waals surface area contributed by atoms with Gasteiger partial charge in [-0.15, -0.1) is 0 Å². The van der Waals surface area contributed by atoms with Gasteiger partial charge in [0.1, 0.15) is 0 Å². The van der Waals surface area contributed by atoms with Gasteiger partial charge in [0, 0.05) is 18.8 Å². The summed E-state index contributed by atoms with van der Waals surface area (Å²) in [5.74, 6) is 0.723. The van der Waals surface area contributed by atoms with E-state index in [2.05, 4.69) is 37.0 Å². The van der Waals surface area contributed by atoms with Crippen LogP contribution < -0.4 is 0 Å². The number of carboxylic acid groups (broad SMARTS) is 1. The normalized spacial score (nSPS) is 42.4. The Balaban J connectivity index is 1.45. The summed E-state index contributed by atoms with van der Waals surface area (Å²) in [6.07, 6.45) is 14.3. The van der Waals surface area contributed by atoms with E-state index in [0.717, 1.165) is 38.5 Å². The summed E-state index contributed by atoms with van der Waals surface area (Å²) in [4.78, 5) is 15.6. The second-order valence-electron chi connectivity index (χ2n) is 10.6. The maximum atomic E-state index is 11.3. The summed E-state index contributed by atoms with van der Waals surface area (Å²) in [7, 11) is 0. The third kappa shape index (κ3) is 2.90. The Kier molecular flexibility index (Phi) is 4.70.